The molecule has 11 heteroatoms. The van der Waals surface area contributed by atoms with Gasteiger partial charge < -0.3 is 14.6 Å². The molecule has 3 aromatic rings. The van der Waals surface area contributed by atoms with E-state index in [1.54, 1.807) is 55.5 Å². The van der Waals surface area contributed by atoms with Gasteiger partial charge in [0.1, 0.15) is 5.75 Å². The number of benzene rings is 2. The van der Waals surface area contributed by atoms with Gasteiger partial charge >= 0.3 is 0 Å². The summed E-state index contributed by atoms with van der Waals surface area (Å²) in [6.07, 6.45) is 0.322. The predicted octanol–water partition coefficient (Wildman–Crippen LogP) is 2.87. The Kier molecular flexibility index (Phi) is 6.81. The van der Waals surface area contributed by atoms with Crippen LogP contribution >= 0.6 is 11.6 Å². The minimum absolute atomic E-state index is 0.0468. The van der Waals surface area contributed by atoms with E-state index < -0.39 is 16.1 Å². The van der Waals surface area contributed by atoms with Crippen LogP contribution in [-0.4, -0.2) is 43.9 Å². The molecule has 0 aliphatic heterocycles. The van der Waals surface area contributed by atoms with Gasteiger partial charge in [-0.2, -0.15) is 4.98 Å². The van der Waals surface area contributed by atoms with Crippen molar-refractivity contribution in [1.29, 1.82) is 0 Å². The van der Waals surface area contributed by atoms with E-state index in [9.17, 15) is 13.2 Å². The van der Waals surface area contributed by atoms with Gasteiger partial charge in [0.2, 0.25) is 21.7 Å². The van der Waals surface area contributed by atoms with Crippen LogP contribution in [-0.2, 0) is 21.4 Å². The molecule has 1 aromatic heterocycles. The van der Waals surface area contributed by atoms with Gasteiger partial charge in [-0.25, -0.2) is 8.42 Å². The summed E-state index contributed by atoms with van der Waals surface area (Å²) >= 11 is 5.87. The van der Waals surface area contributed by atoms with E-state index in [-0.39, 0.29) is 18.3 Å². The van der Waals surface area contributed by atoms with Gasteiger partial charge in [-0.1, -0.05) is 16.8 Å². The minimum Gasteiger partial charge on any atom is -0.481 e. The van der Waals surface area contributed by atoms with Gasteiger partial charge in [-0.15, -0.1) is 0 Å². The van der Waals surface area contributed by atoms with Gasteiger partial charge in [0, 0.05) is 17.6 Å². The normalized spacial score (nSPS) is 12.3. The van der Waals surface area contributed by atoms with E-state index in [0.29, 0.717) is 22.3 Å². The molecule has 0 radical (unpaired) electrons. The molecule has 0 saturated carbocycles. The van der Waals surface area contributed by atoms with Gasteiger partial charge in [-0.3, -0.25) is 9.10 Å². The van der Waals surface area contributed by atoms with Crippen LogP contribution in [0.3, 0.4) is 0 Å². The van der Waals surface area contributed by atoms with Gasteiger partial charge in [-0.05, 0) is 55.5 Å². The van der Waals surface area contributed by atoms with Gasteiger partial charge in [0.15, 0.2) is 6.10 Å². The number of hydrogen-bond donors (Lipinski definition) is 1. The summed E-state index contributed by atoms with van der Waals surface area (Å²) in [4.78, 5) is 16.6. The van der Waals surface area contributed by atoms with Crippen LogP contribution in [0.2, 0.25) is 5.02 Å². The molecule has 0 fully saturated rings. The zero-order valence-corrected chi connectivity index (χ0v) is 18.6. The third-order valence-electron chi connectivity index (χ3n) is 4.36. The molecule has 0 unspecified atom stereocenters. The van der Waals surface area contributed by atoms with Crippen LogP contribution < -0.4 is 14.4 Å². The first-order valence-electron chi connectivity index (χ1n) is 9.20. The second-order valence-electron chi connectivity index (χ2n) is 6.72. The lowest BCUT2D eigenvalue weighted by Gasteiger charge is -2.18. The molecule has 1 atom stereocenters. The van der Waals surface area contributed by atoms with E-state index in [0.717, 1.165) is 16.1 Å². The number of nitrogens with zero attached hydrogens (tertiary/aromatic N) is 3. The van der Waals surface area contributed by atoms with E-state index in [1.165, 1.54) is 7.05 Å². The second-order valence-corrected chi connectivity index (χ2v) is 9.17. The summed E-state index contributed by atoms with van der Waals surface area (Å²) in [7, 11) is -1.90. The van der Waals surface area contributed by atoms with Crippen molar-refractivity contribution in [2.45, 2.75) is 19.6 Å². The quantitative estimate of drug-likeness (QED) is 0.545. The standard InChI is InChI=1S/C20H21ClN4O5S/c1-13(29-17-10-8-16(9-11-17)25(2)31(3,27)28)20(26)22-12-18-23-19(24-30-18)14-4-6-15(21)7-5-14/h4-11,13H,12H2,1-3H3,(H,22,26)/t13-/m0/s1. The molecule has 3 rings (SSSR count). The molecule has 2 aromatic carbocycles. The molecule has 164 valence electrons. The molecule has 0 saturated heterocycles. The topological polar surface area (TPSA) is 115 Å². The van der Waals surface area contributed by atoms with Crippen molar-refractivity contribution in [3.05, 3.63) is 59.4 Å². The SMILES string of the molecule is C[C@H](Oc1ccc(N(C)S(C)(=O)=O)cc1)C(=O)NCc1nc(-c2ccc(Cl)cc2)no1. The number of nitrogens with one attached hydrogen (secondary N) is 1. The number of halogens is 1. The molecule has 0 aliphatic rings. The van der Waals surface area contributed by atoms with Crippen molar-refractivity contribution in [2.24, 2.45) is 0 Å². The van der Waals surface area contributed by atoms with E-state index >= 15 is 0 Å². The zero-order valence-electron chi connectivity index (χ0n) is 17.1. The maximum atomic E-state index is 12.3. The number of anilines is 1. The predicted molar refractivity (Wildman–Crippen MR) is 116 cm³/mol. The molecule has 1 N–H and O–H groups in total. The number of aromatic nitrogens is 2. The first kappa shape index (κ1) is 22.6. The highest BCUT2D eigenvalue weighted by molar-refractivity contribution is 7.92. The number of rotatable bonds is 8. The van der Waals surface area contributed by atoms with E-state index in [1.807, 2.05) is 0 Å². The van der Waals surface area contributed by atoms with Crippen LogP contribution in [0.5, 0.6) is 5.75 Å². The Hall–Kier alpha value is -3.11. The Balaban J connectivity index is 1.53. The van der Waals surface area contributed by atoms with E-state index in [2.05, 4.69) is 15.5 Å². The van der Waals surface area contributed by atoms with Crippen LogP contribution in [0.4, 0.5) is 5.69 Å². The number of ether oxygens (including phenoxy) is 1. The Morgan fingerprint density at radius 2 is 1.84 bits per heavy atom. The first-order valence-corrected chi connectivity index (χ1v) is 11.4. The fraction of sp³-hybridized carbons (Fsp3) is 0.250. The zero-order chi connectivity index (χ0) is 22.6. The summed E-state index contributed by atoms with van der Waals surface area (Å²) in [5.74, 6) is 0.697. The van der Waals surface area contributed by atoms with Crippen molar-refractivity contribution in [2.75, 3.05) is 17.6 Å². The van der Waals surface area contributed by atoms with Crippen molar-refractivity contribution in [3.63, 3.8) is 0 Å². The molecular weight excluding hydrogens is 444 g/mol. The fourth-order valence-corrected chi connectivity index (χ4v) is 3.16. The lowest BCUT2D eigenvalue weighted by molar-refractivity contribution is -0.127. The average Bonchev–Trinajstić information content (AvgIpc) is 3.21. The van der Waals surface area contributed by atoms with Crippen LogP contribution in [0.1, 0.15) is 12.8 Å². The third kappa shape index (κ3) is 5.96. The molecule has 0 aliphatic carbocycles. The molecule has 0 bridgehead atoms. The minimum atomic E-state index is -3.35. The lowest BCUT2D eigenvalue weighted by Crippen LogP contribution is -2.36. The average molecular weight is 465 g/mol. The van der Waals surface area contributed by atoms with Crippen molar-refractivity contribution in [3.8, 4) is 17.1 Å². The summed E-state index contributed by atoms with van der Waals surface area (Å²) < 4.78 is 35.1. The molecule has 31 heavy (non-hydrogen) atoms. The van der Waals surface area contributed by atoms with Crippen molar-refractivity contribution < 1.29 is 22.5 Å². The number of carbonyl (C=O) groups is 1. The first-order chi connectivity index (χ1) is 14.6. The summed E-state index contributed by atoms with van der Waals surface area (Å²) in [5.41, 5.74) is 1.23. The number of hydrogen-bond acceptors (Lipinski definition) is 7. The number of sulfonamides is 1. The number of carbonyl (C=O) groups excluding carboxylic acids is 1. The molecule has 1 heterocycles. The van der Waals surface area contributed by atoms with Gasteiger partial charge in [0.25, 0.3) is 5.91 Å². The highest BCUT2D eigenvalue weighted by Crippen LogP contribution is 2.21. The van der Waals surface area contributed by atoms with Gasteiger partial charge in [0.05, 0.1) is 18.5 Å². The van der Waals surface area contributed by atoms with Crippen LogP contribution in [0.25, 0.3) is 11.4 Å². The Bertz CT molecular complexity index is 1150. The van der Waals surface area contributed by atoms with Crippen molar-refractivity contribution >= 4 is 33.2 Å². The maximum absolute atomic E-state index is 12.3. The van der Waals surface area contributed by atoms with Crippen LogP contribution in [0, 0.1) is 0 Å². The fourth-order valence-electron chi connectivity index (χ4n) is 2.53. The third-order valence-corrected chi connectivity index (χ3v) is 5.82. The maximum Gasteiger partial charge on any atom is 0.261 e. The molecule has 0 spiro atoms. The summed E-state index contributed by atoms with van der Waals surface area (Å²) in [6, 6.07) is 13.4. The monoisotopic (exact) mass is 464 g/mol. The highest BCUT2D eigenvalue weighted by atomic mass is 35.5. The smallest absolute Gasteiger partial charge is 0.261 e. The van der Waals surface area contributed by atoms with Crippen molar-refractivity contribution in [1.82, 2.24) is 15.5 Å². The Labute approximate surface area is 185 Å². The Morgan fingerprint density at radius 3 is 2.45 bits per heavy atom. The summed E-state index contributed by atoms with van der Waals surface area (Å²) in [6.45, 7) is 1.64. The van der Waals surface area contributed by atoms with E-state index in [4.69, 9.17) is 20.9 Å². The number of amides is 1. The lowest BCUT2D eigenvalue weighted by atomic mass is 10.2. The summed E-state index contributed by atoms with van der Waals surface area (Å²) in [5, 5.41) is 7.16. The molecular formula is C20H21ClN4O5S. The van der Waals surface area contributed by atoms with Crippen LogP contribution in [0.15, 0.2) is 53.1 Å². The largest absolute Gasteiger partial charge is 0.481 e. The molecule has 9 nitrogen and oxygen atoms in total. The molecule has 1 amide bonds. The second kappa shape index (κ2) is 9.36. The Morgan fingerprint density at radius 1 is 1.19 bits per heavy atom. The highest BCUT2D eigenvalue weighted by Gasteiger charge is 2.17.